The molecular weight excluding hydrogens is 795 g/mol. The van der Waals surface area contributed by atoms with Gasteiger partial charge in [-0.3, -0.25) is 0 Å². The third-order valence-electron chi connectivity index (χ3n) is 14.1. The van der Waals surface area contributed by atoms with Crippen molar-refractivity contribution in [1.29, 1.82) is 0 Å². The van der Waals surface area contributed by atoms with Crippen molar-refractivity contribution in [3.05, 3.63) is 283 Å². The maximum Gasteiger partial charge on any atom is 0.0726 e. The van der Waals surface area contributed by atoms with Gasteiger partial charge in [-0.2, -0.15) is 0 Å². The van der Waals surface area contributed by atoms with Gasteiger partial charge in [-0.15, -0.1) is 0 Å². The van der Waals surface area contributed by atoms with Crippen LogP contribution in [-0.4, -0.2) is 0 Å². The number of anilines is 3. The molecule has 0 bridgehead atoms. The van der Waals surface area contributed by atoms with E-state index in [2.05, 4.69) is 266 Å². The van der Waals surface area contributed by atoms with E-state index in [1.807, 2.05) is 0 Å². The SMILES string of the molecule is c1ccc(-c2ccc(-c3ccc(N(c4ccc(-c5cccc6ccccc56)cc4)c4ccc5c(c4)C4(c6ccccc6-c6ccccc64)c4ccccc4-5)cc3-c3ccccc3)cc2)cc1. The van der Waals surface area contributed by atoms with Crippen molar-refractivity contribution >= 4 is 27.8 Å². The Kier molecular flexibility index (Phi) is 8.82. The summed E-state index contributed by atoms with van der Waals surface area (Å²) in [5.74, 6) is 0. The zero-order valence-electron chi connectivity index (χ0n) is 36.3. The van der Waals surface area contributed by atoms with Crippen LogP contribution in [0, 0.1) is 0 Å². The lowest BCUT2D eigenvalue weighted by Gasteiger charge is -2.32. The Hall–Kier alpha value is -8.52. The molecular formula is C65H43N. The molecule has 66 heavy (non-hydrogen) atoms. The maximum absolute atomic E-state index is 2.49. The van der Waals surface area contributed by atoms with Crippen LogP contribution in [-0.2, 0) is 5.41 Å². The smallest absolute Gasteiger partial charge is 0.0726 e. The predicted octanol–water partition coefficient (Wildman–Crippen LogP) is 17.3. The third-order valence-corrected chi connectivity index (χ3v) is 14.1. The van der Waals surface area contributed by atoms with E-state index in [9.17, 15) is 0 Å². The van der Waals surface area contributed by atoms with Crippen molar-refractivity contribution < 1.29 is 0 Å². The monoisotopic (exact) mass is 837 g/mol. The van der Waals surface area contributed by atoms with E-state index in [1.54, 1.807) is 0 Å². The van der Waals surface area contributed by atoms with Crippen LogP contribution < -0.4 is 4.90 Å². The fourth-order valence-corrected chi connectivity index (χ4v) is 11.2. The van der Waals surface area contributed by atoms with Gasteiger partial charge in [0.25, 0.3) is 0 Å². The molecule has 2 aliphatic carbocycles. The molecule has 11 aromatic carbocycles. The quantitative estimate of drug-likeness (QED) is 0.155. The molecule has 0 saturated carbocycles. The van der Waals surface area contributed by atoms with Crippen LogP contribution in [0.2, 0.25) is 0 Å². The molecule has 0 aromatic heterocycles. The average molecular weight is 838 g/mol. The van der Waals surface area contributed by atoms with E-state index in [1.165, 1.54) is 99.8 Å². The Morgan fingerprint density at radius 1 is 0.227 bits per heavy atom. The van der Waals surface area contributed by atoms with E-state index in [-0.39, 0.29) is 0 Å². The number of benzene rings is 11. The van der Waals surface area contributed by atoms with Crippen molar-refractivity contribution in [2.45, 2.75) is 5.41 Å². The largest absolute Gasteiger partial charge is 0.310 e. The minimum absolute atomic E-state index is 0.454. The van der Waals surface area contributed by atoms with Crippen molar-refractivity contribution in [2.24, 2.45) is 0 Å². The van der Waals surface area contributed by atoms with Crippen molar-refractivity contribution in [3.63, 3.8) is 0 Å². The second kappa shape index (κ2) is 15.3. The van der Waals surface area contributed by atoms with Gasteiger partial charge in [0.1, 0.15) is 0 Å². The van der Waals surface area contributed by atoms with E-state index >= 15 is 0 Å². The van der Waals surface area contributed by atoms with E-state index in [0.29, 0.717) is 0 Å². The van der Waals surface area contributed by atoms with Crippen molar-refractivity contribution in [3.8, 4) is 66.8 Å². The van der Waals surface area contributed by atoms with Crippen molar-refractivity contribution in [2.75, 3.05) is 4.90 Å². The summed E-state index contributed by atoms with van der Waals surface area (Å²) in [6, 6.07) is 96.3. The fraction of sp³-hybridized carbons (Fsp3) is 0.0154. The lowest BCUT2D eigenvalue weighted by atomic mass is 9.70. The molecule has 0 heterocycles. The molecule has 1 heteroatoms. The third kappa shape index (κ3) is 5.87. The normalized spacial score (nSPS) is 12.7. The zero-order valence-corrected chi connectivity index (χ0v) is 36.3. The van der Waals surface area contributed by atoms with Gasteiger partial charge < -0.3 is 4.90 Å². The Balaban J connectivity index is 1.02. The number of hydrogen-bond acceptors (Lipinski definition) is 1. The molecule has 0 radical (unpaired) electrons. The van der Waals surface area contributed by atoms with Gasteiger partial charge in [0.15, 0.2) is 0 Å². The fourth-order valence-electron chi connectivity index (χ4n) is 11.2. The summed E-state index contributed by atoms with van der Waals surface area (Å²) in [6.45, 7) is 0. The van der Waals surface area contributed by atoms with Crippen molar-refractivity contribution in [1.82, 2.24) is 0 Å². The highest BCUT2D eigenvalue weighted by Crippen LogP contribution is 2.63. The van der Waals surface area contributed by atoms with Crippen LogP contribution >= 0.6 is 0 Å². The zero-order chi connectivity index (χ0) is 43.6. The molecule has 13 rings (SSSR count). The Bertz CT molecular complexity index is 3550. The van der Waals surface area contributed by atoms with Crippen LogP contribution in [0.3, 0.4) is 0 Å². The molecule has 0 fully saturated rings. The van der Waals surface area contributed by atoms with Gasteiger partial charge in [0, 0.05) is 17.1 Å². The molecule has 308 valence electrons. The summed E-state index contributed by atoms with van der Waals surface area (Å²) in [5, 5.41) is 2.50. The topological polar surface area (TPSA) is 3.24 Å². The van der Waals surface area contributed by atoms with E-state index in [0.717, 1.165) is 17.1 Å². The molecule has 0 unspecified atom stereocenters. The molecule has 11 aromatic rings. The molecule has 0 aliphatic heterocycles. The van der Waals surface area contributed by atoms with Gasteiger partial charge >= 0.3 is 0 Å². The summed E-state index contributed by atoms with van der Waals surface area (Å²) in [7, 11) is 0. The van der Waals surface area contributed by atoms with E-state index < -0.39 is 5.41 Å². The first-order chi connectivity index (χ1) is 32.7. The minimum atomic E-state index is -0.454. The van der Waals surface area contributed by atoms with Crippen LogP contribution in [0.5, 0.6) is 0 Å². The lowest BCUT2D eigenvalue weighted by Crippen LogP contribution is -2.26. The van der Waals surface area contributed by atoms with Gasteiger partial charge in [0.2, 0.25) is 0 Å². The second-order valence-electron chi connectivity index (χ2n) is 17.6. The maximum atomic E-state index is 2.49. The van der Waals surface area contributed by atoms with Gasteiger partial charge in [-0.05, 0) is 136 Å². The number of fused-ring (bicyclic) bond motifs is 11. The molecule has 0 saturated heterocycles. The van der Waals surface area contributed by atoms with Crippen LogP contribution in [0.25, 0.3) is 77.5 Å². The lowest BCUT2D eigenvalue weighted by molar-refractivity contribution is 0.793. The first-order valence-corrected chi connectivity index (χ1v) is 22.9. The van der Waals surface area contributed by atoms with Gasteiger partial charge in [-0.1, -0.05) is 224 Å². The average Bonchev–Trinajstić information content (AvgIpc) is 3.86. The summed E-state index contributed by atoms with van der Waals surface area (Å²) >= 11 is 0. The number of rotatable bonds is 7. The first kappa shape index (κ1) is 38.0. The number of hydrogen-bond donors (Lipinski definition) is 0. The van der Waals surface area contributed by atoms with E-state index in [4.69, 9.17) is 0 Å². The summed E-state index contributed by atoms with van der Waals surface area (Å²) < 4.78 is 0. The van der Waals surface area contributed by atoms with Crippen LogP contribution in [0.1, 0.15) is 22.3 Å². The van der Waals surface area contributed by atoms with Gasteiger partial charge in [-0.25, -0.2) is 0 Å². The highest BCUT2D eigenvalue weighted by Gasteiger charge is 2.51. The minimum Gasteiger partial charge on any atom is -0.310 e. The number of nitrogens with zero attached hydrogens (tertiary/aromatic N) is 1. The Morgan fingerprint density at radius 3 is 1.29 bits per heavy atom. The molecule has 1 nitrogen and oxygen atoms in total. The highest BCUT2D eigenvalue weighted by molar-refractivity contribution is 5.99. The molecule has 2 aliphatic rings. The standard InChI is InChI=1S/C65H43N/c1-3-16-44(17-4-1)45-30-32-48(33-31-45)55-40-38-51(42-60(55)47-18-5-2-6-19-47)66(50-36-34-49(35-37-50)54-26-15-21-46-20-7-8-22-53(46)54)52-39-41-59-58-25-11-14-29-63(58)65(64(59)43-52)61-27-12-9-23-56(61)57-24-10-13-28-62(57)65/h1-43H. The van der Waals surface area contributed by atoms with Gasteiger partial charge in [0.05, 0.1) is 5.41 Å². The molecule has 1 spiro atoms. The molecule has 0 amide bonds. The Labute approximate surface area is 386 Å². The summed E-state index contributed by atoms with van der Waals surface area (Å²) in [6.07, 6.45) is 0. The summed E-state index contributed by atoms with van der Waals surface area (Å²) in [4.78, 5) is 2.46. The molecule has 0 N–H and O–H groups in total. The second-order valence-corrected chi connectivity index (χ2v) is 17.6. The van der Waals surface area contributed by atoms with Crippen LogP contribution in [0.15, 0.2) is 261 Å². The highest BCUT2D eigenvalue weighted by atomic mass is 15.1. The first-order valence-electron chi connectivity index (χ1n) is 22.9. The molecule has 0 atom stereocenters. The van der Waals surface area contributed by atoms with Crippen LogP contribution in [0.4, 0.5) is 17.1 Å². The summed E-state index contributed by atoms with van der Waals surface area (Å²) in [5.41, 5.74) is 23.0. The Morgan fingerprint density at radius 2 is 0.636 bits per heavy atom. The predicted molar refractivity (Wildman–Crippen MR) is 277 cm³/mol.